The van der Waals surface area contributed by atoms with Crippen molar-refractivity contribution in [3.8, 4) is 11.5 Å². The van der Waals surface area contributed by atoms with Crippen LogP contribution in [-0.2, 0) is 4.79 Å². The van der Waals surface area contributed by atoms with Gasteiger partial charge in [0.25, 0.3) is 5.91 Å². The first-order chi connectivity index (χ1) is 8.24. The van der Waals surface area contributed by atoms with Crippen LogP contribution in [0.25, 0.3) is 0 Å². The quantitative estimate of drug-likeness (QED) is 0.731. The van der Waals surface area contributed by atoms with Crippen LogP contribution in [0.5, 0.6) is 11.5 Å². The highest BCUT2D eigenvalue weighted by Gasteiger charge is 2.17. The topological polar surface area (TPSA) is 70.6 Å². The maximum absolute atomic E-state index is 11.4. The van der Waals surface area contributed by atoms with E-state index in [-0.39, 0.29) is 30.7 Å². The third kappa shape index (κ3) is 4.43. The monoisotopic (exact) mass is 272 g/mol. The standard InChI is InChI=1S/C12H16N2O3.ClH/c15-10-1-3-11(4-2-10)17-8-12(16)14-7-9-5-13-6-9;/h1-4,9,13,15H,5-8H2,(H,14,16);1H. The number of hydrogen-bond acceptors (Lipinski definition) is 4. The van der Waals surface area contributed by atoms with E-state index in [1.54, 1.807) is 12.1 Å². The molecule has 0 radical (unpaired) electrons. The fraction of sp³-hybridized carbons (Fsp3) is 0.417. The van der Waals surface area contributed by atoms with Crippen molar-refractivity contribution in [2.75, 3.05) is 26.2 Å². The predicted octanol–water partition coefficient (Wildman–Crippen LogP) is 0.528. The summed E-state index contributed by atoms with van der Waals surface area (Å²) in [6.07, 6.45) is 0. The molecule has 1 saturated heterocycles. The molecule has 0 aliphatic carbocycles. The number of carbonyl (C=O) groups excluding carboxylic acids is 1. The van der Waals surface area contributed by atoms with E-state index in [1.807, 2.05) is 0 Å². The molecule has 1 amide bonds. The van der Waals surface area contributed by atoms with Crippen LogP contribution in [-0.4, -0.2) is 37.3 Å². The Morgan fingerprint density at radius 1 is 1.39 bits per heavy atom. The van der Waals surface area contributed by atoms with Crippen LogP contribution < -0.4 is 15.4 Å². The molecule has 0 aromatic heterocycles. The Hall–Kier alpha value is -1.46. The molecule has 0 bridgehead atoms. The average molecular weight is 273 g/mol. The van der Waals surface area contributed by atoms with E-state index in [0.29, 0.717) is 18.2 Å². The third-order valence-corrected chi connectivity index (χ3v) is 2.66. The lowest BCUT2D eigenvalue weighted by Crippen LogP contribution is -2.48. The fourth-order valence-corrected chi connectivity index (χ4v) is 1.49. The van der Waals surface area contributed by atoms with Crippen LogP contribution in [0, 0.1) is 5.92 Å². The summed E-state index contributed by atoms with van der Waals surface area (Å²) in [7, 11) is 0. The highest BCUT2D eigenvalue weighted by molar-refractivity contribution is 5.85. The van der Waals surface area contributed by atoms with Gasteiger partial charge in [0.2, 0.25) is 0 Å². The number of amides is 1. The lowest BCUT2D eigenvalue weighted by atomic mass is 10.0. The van der Waals surface area contributed by atoms with Gasteiger partial charge in [-0.25, -0.2) is 0 Å². The maximum atomic E-state index is 11.4. The Kier molecular flexibility index (Phi) is 5.74. The molecular formula is C12H17ClN2O3. The number of rotatable bonds is 5. The lowest BCUT2D eigenvalue weighted by molar-refractivity contribution is -0.123. The van der Waals surface area contributed by atoms with Gasteiger partial charge in [0, 0.05) is 25.6 Å². The molecule has 100 valence electrons. The number of phenolic OH excluding ortho intramolecular Hbond substituents is 1. The lowest BCUT2D eigenvalue weighted by Gasteiger charge is -2.27. The molecule has 1 heterocycles. The first kappa shape index (κ1) is 14.6. The van der Waals surface area contributed by atoms with Gasteiger partial charge < -0.3 is 20.5 Å². The van der Waals surface area contributed by atoms with Crippen molar-refractivity contribution in [3.63, 3.8) is 0 Å². The summed E-state index contributed by atoms with van der Waals surface area (Å²) in [5.41, 5.74) is 0. The van der Waals surface area contributed by atoms with Gasteiger partial charge in [-0.2, -0.15) is 0 Å². The van der Waals surface area contributed by atoms with Crippen molar-refractivity contribution < 1.29 is 14.6 Å². The molecule has 0 spiro atoms. The van der Waals surface area contributed by atoms with Crippen LogP contribution in [0.15, 0.2) is 24.3 Å². The largest absolute Gasteiger partial charge is 0.508 e. The number of hydrogen-bond donors (Lipinski definition) is 3. The molecule has 1 aliphatic heterocycles. The molecule has 1 aliphatic rings. The van der Waals surface area contributed by atoms with E-state index in [9.17, 15) is 4.79 Å². The van der Waals surface area contributed by atoms with E-state index in [0.717, 1.165) is 13.1 Å². The summed E-state index contributed by atoms with van der Waals surface area (Å²) in [5.74, 6) is 1.18. The van der Waals surface area contributed by atoms with E-state index in [1.165, 1.54) is 12.1 Å². The minimum Gasteiger partial charge on any atom is -0.508 e. The number of benzene rings is 1. The number of halogens is 1. The third-order valence-electron chi connectivity index (χ3n) is 2.66. The van der Waals surface area contributed by atoms with Gasteiger partial charge in [0.05, 0.1) is 0 Å². The molecule has 5 nitrogen and oxygen atoms in total. The molecule has 3 N–H and O–H groups in total. The van der Waals surface area contributed by atoms with Crippen molar-refractivity contribution in [3.05, 3.63) is 24.3 Å². The predicted molar refractivity (Wildman–Crippen MR) is 70.2 cm³/mol. The van der Waals surface area contributed by atoms with Gasteiger partial charge in [-0.15, -0.1) is 12.4 Å². The Bertz CT molecular complexity index is 379. The summed E-state index contributed by atoms with van der Waals surface area (Å²) in [4.78, 5) is 11.4. The molecule has 1 fully saturated rings. The van der Waals surface area contributed by atoms with Gasteiger partial charge in [-0.05, 0) is 24.3 Å². The van der Waals surface area contributed by atoms with Crippen LogP contribution in [0.4, 0.5) is 0 Å². The summed E-state index contributed by atoms with van der Waals surface area (Å²) < 4.78 is 5.27. The summed E-state index contributed by atoms with van der Waals surface area (Å²) in [6.45, 7) is 2.65. The van der Waals surface area contributed by atoms with Crippen molar-refractivity contribution in [2.45, 2.75) is 0 Å². The Labute approximate surface area is 112 Å². The number of phenols is 1. The van der Waals surface area contributed by atoms with E-state index in [2.05, 4.69) is 10.6 Å². The summed E-state index contributed by atoms with van der Waals surface area (Å²) in [5, 5.41) is 15.0. The van der Waals surface area contributed by atoms with Crippen LogP contribution >= 0.6 is 12.4 Å². The van der Waals surface area contributed by atoms with Crippen molar-refractivity contribution >= 4 is 18.3 Å². The van der Waals surface area contributed by atoms with Gasteiger partial charge in [0.1, 0.15) is 11.5 Å². The zero-order valence-corrected chi connectivity index (χ0v) is 10.7. The molecule has 6 heteroatoms. The Morgan fingerprint density at radius 3 is 2.61 bits per heavy atom. The Morgan fingerprint density at radius 2 is 2.06 bits per heavy atom. The van der Waals surface area contributed by atoms with E-state index >= 15 is 0 Å². The van der Waals surface area contributed by atoms with Crippen LogP contribution in [0.1, 0.15) is 0 Å². The molecule has 0 unspecified atom stereocenters. The van der Waals surface area contributed by atoms with Gasteiger partial charge >= 0.3 is 0 Å². The second-order valence-electron chi connectivity index (χ2n) is 4.11. The smallest absolute Gasteiger partial charge is 0.257 e. The highest BCUT2D eigenvalue weighted by Crippen LogP contribution is 2.15. The van der Waals surface area contributed by atoms with Gasteiger partial charge in [-0.1, -0.05) is 0 Å². The van der Waals surface area contributed by atoms with Gasteiger partial charge in [0.15, 0.2) is 6.61 Å². The van der Waals surface area contributed by atoms with Crippen LogP contribution in [0.2, 0.25) is 0 Å². The molecule has 0 saturated carbocycles. The Balaban J connectivity index is 0.00000162. The molecule has 1 aromatic rings. The number of carbonyl (C=O) groups is 1. The fourth-order valence-electron chi connectivity index (χ4n) is 1.49. The second-order valence-corrected chi connectivity index (χ2v) is 4.11. The SMILES string of the molecule is Cl.O=C(COc1ccc(O)cc1)NCC1CNC1. The van der Waals surface area contributed by atoms with E-state index in [4.69, 9.17) is 9.84 Å². The first-order valence-electron chi connectivity index (χ1n) is 5.63. The minimum atomic E-state index is -0.120. The van der Waals surface area contributed by atoms with Crippen molar-refractivity contribution in [1.29, 1.82) is 0 Å². The molecular weight excluding hydrogens is 256 g/mol. The number of aromatic hydroxyl groups is 1. The summed E-state index contributed by atoms with van der Waals surface area (Å²) >= 11 is 0. The van der Waals surface area contributed by atoms with Crippen LogP contribution in [0.3, 0.4) is 0 Å². The number of ether oxygens (including phenoxy) is 1. The zero-order valence-electron chi connectivity index (χ0n) is 9.89. The molecule has 18 heavy (non-hydrogen) atoms. The first-order valence-corrected chi connectivity index (χ1v) is 5.63. The average Bonchev–Trinajstić information content (AvgIpc) is 2.26. The molecule has 0 atom stereocenters. The minimum absolute atomic E-state index is 0. The zero-order chi connectivity index (χ0) is 12.1. The second kappa shape index (κ2) is 7.08. The highest BCUT2D eigenvalue weighted by atomic mass is 35.5. The van der Waals surface area contributed by atoms with E-state index < -0.39 is 0 Å². The normalized spacial score (nSPS) is 14.2. The number of nitrogens with one attached hydrogen (secondary N) is 2. The van der Waals surface area contributed by atoms with Crippen molar-refractivity contribution in [2.24, 2.45) is 5.92 Å². The van der Waals surface area contributed by atoms with Gasteiger partial charge in [-0.3, -0.25) is 4.79 Å². The summed E-state index contributed by atoms with van der Waals surface area (Å²) in [6, 6.07) is 6.29. The molecule has 2 rings (SSSR count). The molecule has 1 aromatic carbocycles. The van der Waals surface area contributed by atoms with Crippen molar-refractivity contribution in [1.82, 2.24) is 10.6 Å². The maximum Gasteiger partial charge on any atom is 0.257 e.